The molecule has 0 saturated heterocycles. The van der Waals surface area contributed by atoms with Gasteiger partial charge in [0.15, 0.2) is 0 Å². The molecule has 3 heteroatoms. The number of carbonyl (C=O) groups is 1. The quantitative estimate of drug-likeness (QED) is 0.555. The van der Waals surface area contributed by atoms with Crippen LogP contribution in [0.1, 0.15) is 10.4 Å². The molecule has 0 radical (unpaired) electrons. The van der Waals surface area contributed by atoms with E-state index in [1.54, 1.807) is 23.1 Å². The number of thioether (sulfide) groups is 1. The minimum atomic E-state index is 0.748. The third kappa shape index (κ3) is 1.62. The first-order chi connectivity index (χ1) is 6.33. The molecule has 0 N–H and O–H groups in total. The van der Waals surface area contributed by atoms with E-state index in [1.807, 2.05) is 18.2 Å². The fourth-order valence-electron chi connectivity index (χ4n) is 1.21. The van der Waals surface area contributed by atoms with E-state index in [0.717, 1.165) is 11.8 Å². The van der Waals surface area contributed by atoms with Crippen molar-refractivity contribution in [1.82, 2.24) is 0 Å². The number of rotatable bonds is 2. The highest BCUT2D eigenvalue weighted by Crippen LogP contribution is 2.31. The summed E-state index contributed by atoms with van der Waals surface area (Å²) in [6.07, 6.45) is 2.95. The summed E-state index contributed by atoms with van der Waals surface area (Å²) in [5.41, 5.74) is 0.748. The summed E-state index contributed by atoms with van der Waals surface area (Å²) >= 11 is 3.50. The Morgan fingerprint density at radius 2 is 2.23 bits per heavy atom. The van der Waals surface area contributed by atoms with E-state index >= 15 is 0 Å². The maximum Gasteiger partial charge on any atom is 0.150 e. The Kier molecular flexibility index (Phi) is 2.38. The SMILES string of the molecule is CSc1cc2cc(C=O)ccc2s1. The average molecular weight is 208 g/mol. The molecule has 0 saturated carbocycles. The average Bonchev–Trinajstić information content (AvgIpc) is 2.58. The molecule has 1 heterocycles. The first kappa shape index (κ1) is 8.78. The number of aldehydes is 1. The Hall–Kier alpha value is -0.800. The number of fused-ring (bicyclic) bond motifs is 1. The van der Waals surface area contributed by atoms with Crippen molar-refractivity contribution >= 4 is 39.5 Å². The topological polar surface area (TPSA) is 17.1 Å². The van der Waals surface area contributed by atoms with Gasteiger partial charge in [0.05, 0.1) is 4.21 Å². The van der Waals surface area contributed by atoms with Gasteiger partial charge in [0.2, 0.25) is 0 Å². The van der Waals surface area contributed by atoms with Gasteiger partial charge < -0.3 is 0 Å². The molecule has 1 nitrogen and oxygen atoms in total. The minimum absolute atomic E-state index is 0.748. The fraction of sp³-hybridized carbons (Fsp3) is 0.100. The Balaban J connectivity index is 2.63. The van der Waals surface area contributed by atoms with Crippen LogP contribution in [-0.2, 0) is 0 Å². The highest BCUT2D eigenvalue weighted by Gasteiger charge is 2.00. The first-order valence-electron chi connectivity index (χ1n) is 3.86. The maximum atomic E-state index is 10.5. The van der Waals surface area contributed by atoms with Gasteiger partial charge in [-0.2, -0.15) is 0 Å². The largest absolute Gasteiger partial charge is 0.298 e. The van der Waals surface area contributed by atoms with Crippen molar-refractivity contribution in [2.45, 2.75) is 4.21 Å². The van der Waals surface area contributed by atoms with Gasteiger partial charge in [0.25, 0.3) is 0 Å². The van der Waals surface area contributed by atoms with Crippen molar-refractivity contribution in [2.75, 3.05) is 6.26 Å². The van der Waals surface area contributed by atoms with Crippen LogP contribution in [0.5, 0.6) is 0 Å². The maximum absolute atomic E-state index is 10.5. The predicted molar refractivity (Wildman–Crippen MR) is 59.0 cm³/mol. The summed E-state index contributed by atoms with van der Waals surface area (Å²) < 4.78 is 2.54. The molecule has 2 aromatic rings. The van der Waals surface area contributed by atoms with E-state index in [9.17, 15) is 4.79 Å². The van der Waals surface area contributed by atoms with E-state index < -0.39 is 0 Å². The lowest BCUT2D eigenvalue weighted by Crippen LogP contribution is -1.75. The number of carbonyl (C=O) groups excluding carboxylic acids is 1. The molecular weight excluding hydrogens is 200 g/mol. The molecule has 0 bridgehead atoms. The Morgan fingerprint density at radius 1 is 1.38 bits per heavy atom. The standard InChI is InChI=1S/C10H8OS2/c1-12-10-5-8-4-7(6-11)2-3-9(8)13-10/h2-6H,1H3. The summed E-state index contributed by atoms with van der Waals surface area (Å²) in [6, 6.07) is 7.91. The summed E-state index contributed by atoms with van der Waals surface area (Å²) in [4.78, 5) is 10.5. The van der Waals surface area contributed by atoms with Gasteiger partial charge in [-0.1, -0.05) is 6.07 Å². The van der Waals surface area contributed by atoms with E-state index in [-0.39, 0.29) is 0 Å². The first-order valence-corrected chi connectivity index (χ1v) is 5.90. The number of benzene rings is 1. The number of hydrogen-bond acceptors (Lipinski definition) is 3. The summed E-state index contributed by atoms with van der Waals surface area (Å²) in [6.45, 7) is 0. The second-order valence-electron chi connectivity index (χ2n) is 2.68. The lowest BCUT2D eigenvalue weighted by molar-refractivity contribution is 0.112. The van der Waals surface area contributed by atoms with Crippen LogP contribution in [0.3, 0.4) is 0 Å². The molecule has 0 aliphatic rings. The molecule has 66 valence electrons. The molecule has 0 spiro atoms. The molecule has 0 amide bonds. The van der Waals surface area contributed by atoms with E-state index in [2.05, 4.69) is 12.3 Å². The van der Waals surface area contributed by atoms with Crippen molar-refractivity contribution < 1.29 is 4.79 Å². The highest BCUT2D eigenvalue weighted by molar-refractivity contribution is 8.00. The summed E-state index contributed by atoms with van der Waals surface area (Å²) in [5.74, 6) is 0. The number of thiophene rings is 1. The van der Waals surface area contributed by atoms with Crippen molar-refractivity contribution in [3.63, 3.8) is 0 Å². The van der Waals surface area contributed by atoms with E-state index in [1.165, 1.54) is 14.3 Å². The highest BCUT2D eigenvalue weighted by atomic mass is 32.2. The van der Waals surface area contributed by atoms with Crippen LogP contribution in [0.15, 0.2) is 28.5 Å². The molecule has 0 atom stereocenters. The smallest absolute Gasteiger partial charge is 0.150 e. The van der Waals surface area contributed by atoms with Gasteiger partial charge in [-0.3, -0.25) is 4.79 Å². The molecule has 1 aromatic heterocycles. The summed E-state index contributed by atoms with van der Waals surface area (Å²) in [5, 5.41) is 1.17. The van der Waals surface area contributed by atoms with Crippen LogP contribution in [-0.4, -0.2) is 12.5 Å². The third-order valence-corrected chi connectivity index (χ3v) is 4.04. The van der Waals surface area contributed by atoms with Crippen molar-refractivity contribution in [1.29, 1.82) is 0 Å². The lowest BCUT2D eigenvalue weighted by atomic mass is 10.2. The van der Waals surface area contributed by atoms with Gasteiger partial charge in [-0.05, 0) is 29.8 Å². The van der Waals surface area contributed by atoms with Crippen LogP contribution in [0.4, 0.5) is 0 Å². The minimum Gasteiger partial charge on any atom is -0.298 e. The zero-order valence-corrected chi connectivity index (χ0v) is 8.74. The zero-order chi connectivity index (χ0) is 9.26. The fourth-order valence-corrected chi connectivity index (χ4v) is 2.83. The van der Waals surface area contributed by atoms with Crippen LogP contribution in [0.25, 0.3) is 10.1 Å². The Morgan fingerprint density at radius 3 is 2.92 bits per heavy atom. The van der Waals surface area contributed by atoms with Gasteiger partial charge in [0.1, 0.15) is 6.29 Å². The van der Waals surface area contributed by atoms with Crippen LogP contribution >= 0.6 is 23.1 Å². The molecular formula is C10H8OS2. The Bertz CT molecular complexity index is 445. The second-order valence-corrected chi connectivity index (χ2v) is 4.87. The molecule has 0 unspecified atom stereocenters. The van der Waals surface area contributed by atoms with Crippen LogP contribution in [0.2, 0.25) is 0 Å². The van der Waals surface area contributed by atoms with Crippen molar-refractivity contribution in [3.05, 3.63) is 29.8 Å². The van der Waals surface area contributed by atoms with Gasteiger partial charge in [-0.15, -0.1) is 23.1 Å². The van der Waals surface area contributed by atoms with E-state index in [0.29, 0.717) is 0 Å². The monoisotopic (exact) mass is 208 g/mol. The van der Waals surface area contributed by atoms with Crippen molar-refractivity contribution in [3.8, 4) is 0 Å². The molecule has 0 aliphatic heterocycles. The molecule has 0 aliphatic carbocycles. The molecule has 13 heavy (non-hydrogen) atoms. The van der Waals surface area contributed by atoms with Gasteiger partial charge >= 0.3 is 0 Å². The van der Waals surface area contributed by atoms with E-state index in [4.69, 9.17) is 0 Å². The molecule has 1 aromatic carbocycles. The third-order valence-electron chi connectivity index (χ3n) is 1.86. The van der Waals surface area contributed by atoms with Gasteiger partial charge in [0, 0.05) is 10.3 Å². The molecule has 2 rings (SSSR count). The Labute approximate surface area is 84.8 Å². The lowest BCUT2D eigenvalue weighted by Gasteiger charge is -1.89. The number of hydrogen-bond donors (Lipinski definition) is 0. The normalized spacial score (nSPS) is 10.5. The predicted octanol–water partition coefficient (Wildman–Crippen LogP) is 3.44. The summed E-state index contributed by atoms with van der Waals surface area (Å²) in [7, 11) is 0. The van der Waals surface area contributed by atoms with Crippen LogP contribution < -0.4 is 0 Å². The van der Waals surface area contributed by atoms with Crippen molar-refractivity contribution in [2.24, 2.45) is 0 Å². The molecule has 0 fully saturated rings. The zero-order valence-electron chi connectivity index (χ0n) is 7.11. The second kappa shape index (κ2) is 3.52. The van der Waals surface area contributed by atoms with Gasteiger partial charge in [-0.25, -0.2) is 0 Å². The van der Waals surface area contributed by atoms with Crippen LogP contribution in [0, 0.1) is 0 Å².